The molecule has 2 N–H and O–H groups in total. The summed E-state index contributed by atoms with van der Waals surface area (Å²) in [6.07, 6.45) is 5.80. The zero-order valence-electron chi connectivity index (χ0n) is 19.8. The van der Waals surface area contributed by atoms with Crippen LogP contribution in [0, 0.1) is 0 Å². The molecule has 1 saturated carbocycles. The molecule has 5 rings (SSSR count). The van der Waals surface area contributed by atoms with Gasteiger partial charge in [-0.05, 0) is 30.9 Å². The van der Waals surface area contributed by atoms with Gasteiger partial charge in [0.1, 0.15) is 23.4 Å². The molecule has 14 heteroatoms. The van der Waals surface area contributed by atoms with Crippen LogP contribution >= 0.6 is 23.5 Å². The van der Waals surface area contributed by atoms with Gasteiger partial charge in [0.05, 0.1) is 5.75 Å². The Morgan fingerprint density at radius 3 is 2.79 bits per heavy atom. The molecular formula is C20H23N6NaO5S2. The van der Waals surface area contributed by atoms with Crippen molar-refractivity contribution in [1.29, 1.82) is 0 Å². The predicted molar refractivity (Wildman–Crippen MR) is 120 cm³/mol. The number of aryl methyl sites for hydroxylation is 1. The van der Waals surface area contributed by atoms with Gasteiger partial charge in [-0.15, -0.1) is 22.0 Å². The molecule has 1 aromatic rings. The molecule has 4 heterocycles. The summed E-state index contributed by atoms with van der Waals surface area (Å²) in [5.74, 6) is -1.65. The van der Waals surface area contributed by atoms with E-state index in [4.69, 9.17) is 0 Å². The summed E-state index contributed by atoms with van der Waals surface area (Å²) >= 11 is 2.58. The van der Waals surface area contributed by atoms with Gasteiger partial charge in [0, 0.05) is 31.0 Å². The summed E-state index contributed by atoms with van der Waals surface area (Å²) < 4.78 is 1.68. The number of hydrogen-bond acceptors (Lipinski definition) is 8. The molecule has 3 amide bonds. The number of nitrogens with zero attached hydrogens (tertiary/aromatic N) is 5. The maximum Gasteiger partial charge on any atom is 1.00 e. The second-order valence-corrected chi connectivity index (χ2v) is 10.3. The number of thioether (sulfide) groups is 2. The first-order valence-corrected chi connectivity index (χ1v) is 12.6. The molecule has 34 heavy (non-hydrogen) atoms. The zero-order valence-corrected chi connectivity index (χ0v) is 22.4. The molecule has 0 aromatic carbocycles. The van der Waals surface area contributed by atoms with Crippen LogP contribution in [0.3, 0.4) is 0 Å². The minimum absolute atomic E-state index is 0. The number of carboxylic acid groups (broad SMARTS) is 1. The first kappa shape index (κ1) is 25.3. The van der Waals surface area contributed by atoms with Crippen LogP contribution in [-0.2, 0) is 26.2 Å². The average Bonchev–Trinajstić information content (AvgIpc) is 3.45. The summed E-state index contributed by atoms with van der Waals surface area (Å²) in [5, 5.41) is 20.3. The fourth-order valence-corrected chi connectivity index (χ4v) is 6.22. The Balaban J connectivity index is 0.00000171. The van der Waals surface area contributed by atoms with Crippen LogP contribution in [0.5, 0.6) is 0 Å². The fraction of sp³-hybridized carbons (Fsp3) is 0.500. The summed E-state index contributed by atoms with van der Waals surface area (Å²) in [6.45, 7) is 0.657. The van der Waals surface area contributed by atoms with Crippen molar-refractivity contribution < 1.29 is 55.3 Å². The summed E-state index contributed by atoms with van der Waals surface area (Å²) in [7, 11) is 1.77. The number of rotatable bonds is 7. The number of allylic oxidation sites excluding steroid dienone is 1. The first-order valence-electron chi connectivity index (χ1n) is 10.5. The molecule has 0 bridgehead atoms. The molecule has 0 spiro atoms. The Kier molecular flexibility index (Phi) is 7.48. The van der Waals surface area contributed by atoms with E-state index in [0.29, 0.717) is 41.1 Å². The number of amides is 3. The Morgan fingerprint density at radius 1 is 1.38 bits per heavy atom. The third-order valence-electron chi connectivity index (χ3n) is 6.01. The Hall–Kier alpha value is -1.80. The number of carbonyl (C=O) groups is 4. The second-order valence-electron chi connectivity index (χ2n) is 8.30. The zero-order chi connectivity index (χ0) is 23.3. The number of aromatic nitrogens is 3. The molecule has 3 fully saturated rings. The number of fused-ring (bicyclic) bond motifs is 1. The van der Waals surface area contributed by atoms with Gasteiger partial charge in [-0.1, -0.05) is 11.8 Å². The largest absolute Gasteiger partial charge is 1.00 e. The number of likely N-dealkylation sites (tertiary alicyclic amines) is 1. The van der Waals surface area contributed by atoms with Gasteiger partial charge in [-0.2, -0.15) is 0 Å². The maximum absolute atomic E-state index is 12.8. The van der Waals surface area contributed by atoms with Crippen molar-refractivity contribution in [2.45, 2.75) is 41.9 Å². The van der Waals surface area contributed by atoms with E-state index >= 15 is 0 Å². The second kappa shape index (κ2) is 10.1. The standard InChI is InChI=1S/C20H22N6O5S2.Na.H/c1-24-9-21-23-20(24)33-8-13(27)22-14-17(29)26-15(19(30)31)11(7-32-18(14)26)6-10-4-5-25(16(10)28)12-2-3-12;;/h6,9,12,14,18H,2-5,7-8H2,1H3,(H,22,27)(H,30,31);;/q;+1;-1/b10-6+;;/t14-,18-;;/m1../s1. The van der Waals surface area contributed by atoms with Crippen molar-refractivity contribution in [3.8, 4) is 0 Å². The van der Waals surface area contributed by atoms with Gasteiger partial charge in [0.25, 0.3) is 5.91 Å². The molecule has 1 aromatic heterocycles. The van der Waals surface area contributed by atoms with Crippen molar-refractivity contribution in [3.63, 3.8) is 0 Å². The molecule has 11 nitrogen and oxygen atoms in total. The van der Waals surface area contributed by atoms with Crippen LogP contribution in [0.25, 0.3) is 0 Å². The number of hydrogen-bond donors (Lipinski definition) is 2. The Bertz CT molecular complexity index is 1120. The number of aliphatic carboxylic acids is 1. The molecule has 4 aliphatic rings. The van der Waals surface area contributed by atoms with Gasteiger partial charge >= 0.3 is 35.5 Å². The van der Waals surface area contributed by atoms with Crippen LogP contribution in [0.15, 0.2) is 34.4 Å². The van der Waals surface area contributed by atoms with Crippen LogP contribution in [0.2, 0.25) is 0 Å². The number of β-lactam (4-membered cyclic amide) rings is 1. The minimum atomic E-state index is -1.22. The van der Waals surface area contributed by atoms with E-state index in [9.17, 15) is 24.3 Å². The van der Waals surface area contributed by atoms with Crippen molar-refractivity contribution in [2.24, 2.45) is 7.05 Å². The average molecular weight is 515 g/mol. The quantitative estimate of drug-likeness (QED) is 0.170. The Morgan fingerprint density at radius 2 is 2.15 bits per heavy atom. The van der Waals surface area contributed by atoms with E-state index in [1.54, 1.807) is 17.7 Å². The SMILES string of the molecule is Cn1cnnc1SCC(=O)N[C@@H]1C(=O)N2C(C(=O)O)=C(/C=C3\CCN(C4CC4)C3=O)CS[C@H]12.[H-].[Na+]. The third kappa shape index (κ3) is 4.68. The molecule has 0 unspecified atom stereocenters. The maximum atomic E-state index is 12.8. The van der Waals surface area contributed by atoms with Crippen LogP contribution in [-0.4, -0.2) is 88.9 Å². The predicted octanol–water partition coefficient (Wildman–Crippen LogP) is -2.92. The van der Waals surface area contributed by atoms with E-state index in [1.807, 2.05) is 4.90 Å². The van der Waals surface area contributed by atoms with E-state index in [-0.39, 0.29) is 54.2 Å². The molecule has 1 aliphatic carbocycles. The van der Waals surface area contributed by atoms with E-state index in [1.165, 1.54) is 34.8 Å². The topological polar surface area (TPSA) is 138 Å². The van der Waals surface area contributed by atoms with Crippen LogP contribution < -0.4 is 34.9 Å². The fourth-order valence-electron chi connectivity index (χ4n) is 4.22. The molecular weight excluding hydrogens is 491 g/mol. The smallest absolute Gasteiger partial charge is 1.00 e. The van der Waals surface area contributed by atoms with Gasteiger partial charge in [-0.25, -0.2) is 4.79 Å². The van der Waals surface area contributed by atoms with Gasteiger partial charge < -0.3 is 21.3 Å². The van der Waals surface area contributed by atoms with E-state index in [2.05, 4.69) is 15.5 Å². The summed E-state index contributed by atoms with van der Waals surface area (Å²) in [5.41, 5.74) is 0.946. The van der Waals surface area contributed by atoms with E-state index in [0.717, 1.165) is 12.8 Å². The normalized spacial score (nSPS) is 25.3. The summed E-state index contributed by atoms with van der Waals surface area (Å²) in [4.78, 5) is 52.9. The Labute approximate surface area is 227 Å². The number of nitrogens with one attached hydrogen (secondary N) is 1. The van der Waals surface area contributed by atoms with Crippen molar-refractivity contribution in [3.05, 3.63) is 29.2 Å². The summed E-state index contributed by atoms with van der Waals surface area (Å²) in [6, 6.07) is -0.473. The number of carbonyl (C=O) groups excluding carboxylic acids is 3. The minimum Gasteiger partial charge on any atom is -1.00 e. The molecule has 2 saturated heterocycles. The third-order valence-corrected chi connectivity index (χ3v) is 8.35. The van der Waals surface area contributed by atoms with Crippen molar-refractivity contribution in [2.75, 3.05) is 18.1 Å². The van der Waals surface area contributed by atoms with Crippen molar-refractivity contribution in [1.82, 2.24) is 29.9 Å². The first-order chi connectivity index (χ1) is 15.8. The van der Waals surface area contributed by atoms with Gasteiger partial charge in [0.15, 0.2) is 5.16 Å². The molecule has 0 radical (unpaired) electrons. The van der Waals surface area contributed by atoms with Gasteiger partial charge in [0.2, 0.25) is 11.8 Å². The van der Waals surface area contributed by atoms with Crippen LogP contribution in [0.1, 0.15) is 20.7 Å². The van der Waals surface area contributed by atoms with Crippen molar-refractivity contribution >= 4 is 47.2 Å². The van der Waals surface area contributed by atoms with Gasteiger partial charge in [-0.3, -0.25) is 19.3 Å². The molecule has 3 aliphatic heterocycles. The van der Waals surface area contributed by atoms with E-state index < -0.39 is 23.3 Å². The molecule has 2 atom stereocenters. The molecule has 176 valence electrons. The monoisotopic (exact) mass is 514 g/mol. The number of carboxylic acids is 1. The van der Waals surface area contributed by atoms with Crippen LogP contribution in [0.4, 0.5) is 0 Å².